The van der Waals surface area contributed by atoms with Gasteiger partial charge in [0.2, 0.25) is 0 Å². The fourth-order valence-electron chi connectivity index (χ4n) is 4.89. The lowest BCUT2D eigenvalue weighted by Crippen LogP contribution is -2.53. The van der Waals surface area contributed by atoms with Gasteiger partial charge in [-0.05, 0) is 50.0 Å². The summed E-state index contributed by atoms with van der Waals surface area (Å²) in [5, 5.41) is 8.64. The van der Waals surface area contributed by atoms with Crippen molar-refractivity contribution in [2.75, 3.05) is 0 Å². The molecule has 0 radical (unpaired) electrons. The van der Waals surface area contributed by atoms with Crippen molar-refractivity contribution >= 4 is 17.4 Å². The van der Waals surface area contributed by atoms with Crippen molar-refractivity contribution in [3.63, 3.8) is 0 Å². The van der Waals surface area contributed by atoms with Crippen LogP contribution in [-0.2, 0) is 6.54 Å². The highest BCUT2D eigenvalue weighted by atomic mass is 32.1. The normalized spacial score (nSPS) is 31.1. The molecule has 1 saturated carbocycles. The summed E-state index contributed by atoms with van der Waals surface area (Å²) in [4.78, 5) is 16.5. The molecule has 132 valence electrons. The number of carbonyl (C=O) groups excluding carboxylic acids is 1. The molecule has 2 atom stereocenters. The number of carbonyl (C=O) groups is 1. The SMILES string of the molecule is O=C(NC1CCCCC1)NC1CC2CCC(C1)N2Cc1cccs1. The molecule has 2 aliphatic heterocycles. The van der Waals surface area contributed by atoms with E-state index in [1.54, 1.807) is 0 Å². The number of nitrogens with zero attached hydrogens (tertiary/aromatic N) is 1. The van der Waals surface area contributed by atoms with E-state index in [1.165, 1.54) is 37.0 Å². The number of rotatable bonds is 4. The Morgan fingerprint density at radius 1 is 1.04 bits per heavy atom. The van der Waals surface area contributed by atoms with E-state index < -0.39 is 0 Å². The van der Waals surface area contributed by atoms with Crippen molar-refractivity contribution < 1.29 is 4.79 Å². The summed E-state index contributed by atoms with van der Waals surface area (Å²) in [6.07, 6.45) is 10.9. The van der Waals surface area contributed by atoms with Crippen molar-refractivity contribution in [2.45, 2.75) is 88.5 Å². The predicted molar refractivity (Wildman–Crippen MR) is 98.2 cm³/mol. The molecule has 2 saturated heterocycles. The third kappa shape index (κ3) is 3.77. The maximum Gasteiger partial charge on any atom is 0.315 e. The molecular weight excluding hydrogens is 318 g/mol. The summed E-state index contributed by atoms with van der Waals surface area (Å²) < 4.78 is 0. The van der Waals surface area contributed by atoms with E-state index in [1.807, 2.05) is 11.3 Å². The molecule has 3 heterocycles. The smallest absolute Gasteiger partial charge is 0.315 e. The van der Waals surface area contributed by atoms with Gasteiger partial charge in [0.15, 0.2) is 0 Å². The van der Waals surface area contributed by atoms with Crippen LogP contribution in [0.2, 0.25) is 0 Å². The Morgan fingerprint density at radius 3 is 2.42 bits per heavy atom. The summed E-state index contributed by atoms with van der Waals surface area (Å²) in [6.45, 7) is 1.09. The van der Waals surface area contributed by atoms with Gasteiger partial charge in [0, 0.05) is 35.6 Å². The second kappa shape index (κ2) is 7.44. The number of nitrogens with one attached hydrogen (secondary N) is 2. The maximum absolute atomic E-state index is 12.3. The molecule has 4 nitrogen and oxygen atoms in total. The van der Waals surface area contributed by atoms with Crippen LogP contribution >= 0.6 is 11.3 Å². The minimum Gasteiger partial charge on any atom is -0.335 e. The van der Waals surface area contributed by atoms with E-state index >= 15 is 0 Å². The van der Waals surface area contributed by atoms with Crippen LogP contribution in [-0.4, -0.2) is 35.1 Å². The lowest BCUT2D eigenvalue weighted by atomic mass is 9.95. The quantitative estimate of drug-likeness (QED) is 0.868. The van der Waals surface area contributed by atoms with E-state index in [2.05, 4.69) is 33.0 Å². The number of hydrogen-bond acceptors (Lipinski definition) is 3. The van der Waals surface area contributed by atoms with Gasteiger partial charge in [-0.25, -0.2) is 4.79 Å². The summed E-state index contributed by atoms with van der Waals surface area (Å²) in [5.41, 5.74) is 0. The molecule has 24 heavy (non-hydrogen) atoms. The van der Waals surface area contributed by atoms with Crippen LogP contribution in [0.25, 0.3) is 0 Å². The van der Waals surface area contributed by atoms with Gasteiger partial charge in [-0.15, -0.1) is 11.3 Å². The Bertz CT molecular complexity index is 527. The Labute approximate surface area is 149 Å². The minimum atomic E-state index is 0.0676. The van der Waals surface area contributed by atoms with Gasteiger partial charge in [-0.1, -0.05) is 25.3 Å². The van der Waals surface area contributed by atoms with Gasteiger partial charge in [-0.3, -0.25) is 4.90 Å². The Kier molecular flexibility index (Phi) is 5.09. The van der Waals surface area contributed by atoms with Gasteiger partial charge in [-0.2, -0.15) is 0 Å². The van der Waals surface area contributed by atoms with Gasteiger partial charge in [0.1, 0.15) is 0 Å². The summed E-state index contributed by atoms with van der Waals surface area (Å²) >= 11 is 1.86. The van der Waals surface area contributed by atoms with Crippen LogP contribution in [0.4, 0.5) is 4.79 Å². The zero-order valence-corrected chi connectivity index (χ0v) is 15.2. The number of thiophene rings is 1. The average molecular weight is 348 g/mol. The molecule has 1 aromatic rings. The predicted octanol–water partition coefficient (Wildman–Crippen LogP) is 3.88. The summed E-state index contributed by atoms with van der Waals surface area (Å²) in [7, 11) is 0. The highest BCUT2D eigenvalue weighted by Crippen LogP contribution is 2.37. The van der Waals surface area contributed by atoms with Crippen molar-refractivity contribution in [3.8, 4) is 0 Å². The van der Waals surface area contributed by atoms with Crippen LogP contribution in [0.3, 0.4) is 0 Å². The van der Waals surface area contributed by atoms with Crippen molar-refractivity contribution in [1.82, 2.24) is 15.5 Å². The van der Waals surface area contributed by atoms with Crippen molar-refractivity contribution in [2.24, 2.45) is 0 Å². The molecule has 1 aromatic heterocycles. The largest absolute Gasteiger partial charge is 0.335 e. The first-order valence-corrected chi connectivity index (χ1v) is 10.5. The van der Waals surface area contributed by atoms with Crippen LogP contribution in [0.1, 0.15) is 62.7 Å². The van der Waals surface area contributed by atoms with Crippen LogP contribution in [0.15, 0.2) is 17.5 Å². The standard InChI is InChI=1S/C19H29N3OS/c23-19(20-14-5-2-1-3-6-14)21-15-11-16-8-9-17(12-15)22(16)13-18-7-4-10-24-18/h4,7,10,14-17H,1-3,5-6,8-9,11-13H2,(H2,20,21,23). The molecule has 3 aliphatic rings. The molecule has 0 aromatic carbocycles. The molecule has 2 unspecified atom stereocenters. The first-order valence-electron chi connectivity index (χ1n) is 9.63. The highest BCUT2D eigenvalue weighted by Gasteiger charge is 2.41. The average Bonchev–Trinajstić information content (AvgIpc) is 3.16. The van der Waals surface area contributed by atoms with Crippen LogP contribution in [0, 0.1) is 0 Å². The fourth-order valence-corrected chi connectivity index (χ4v) is 5.60. The van der Waals surface area contributed by atoms with E-state index in [0.29, 0.717) is 24.2 Å². The van der Waals surface area contributed by atoms with E-state index in [4.69, 9.17) is 0 Å². The van der Waals surface area contributed by atoms with Gasteiger partial charge in [0.25, 0.3) is 0 Å². The summed E-state index contributed by atoms with van der Waals surface area (Å²) in [6, 6.07) is 6.49. The zero-order chi connectivity index (χ0) is 16.4. The van der Waals surface area contributed by atoms with E-state index in [9.17, 15) is 4.79 Å². The second-order valence-corrected chi connectivity index (χ2v) is 8.79. The third-order valence-corrected chi connectivity index (χ3v) is 6.94. The van der Waals surface area contributed by atoms with Crippen LogP contribution in [0.5, 0.6) is 0 Å². The Hall–Kier alpha value is -1.07. The number of hydrogen-bond donors (Lipinski definition) is 2. The lowest BCUT2D eigenvalue weighted by Gasteiger charge is -2.39. The maximum atomic E-state index is 12.3. The molecule has 2 N–H and O–H groups in total. The fraction of sp³-hybridized carbons (Fsp3) is 0.737. The number of piperidine rings is 1. The number of fused-ring (bicyclic) bond motifs is 2. The van der Waals surface area contributed by atoms with E-state index in [-0.39, 0.29) is 6.03 Å². The van der Waals surface area contributed by atoms with Crippen LogP contribution < -0.4 is 10.6 Å². The lowest BCUT2D eigenvalue weighted by molar-refractivity contribution is 0.112. The number of urea groups is 1. The molecular formula is C19H29N3OS. The highest BCUT2D eigenvalue weighted by molar-refractivity contribution is 7.09. The molecule has 0 spiro atoms. The molecule has 5 heteroatoms. The van der Waals surface area contributed by atoms with E-state index in [0.717, 1.165) is 32.2 Å². The third-order valence-electron chi connectivity index (χ3n) is 6.08. The second-order valence-electron chi connectivity index (χ2n) is 7.76. The molecule has 2 bridgehead atoms. The molecule has 3 fully saturated rings. The Balaban J connectivity index is 1.27. The monoisotopic (exact) mass is 347 g/mol. The van der Waals surface area contributed by atoms with Crippen molar-refractivity contribution in [1.29, 1.82) is 0 Å². The molecule has 1 aliphatic carbocycles. The number of amides is 2. The van der Waals surface area contributed by atoms with Gasteiger partial charge in [0.05, 0.1) is 0 Å². The minimum absolute atomic E-state index is 0.0676. The Morgan fingerprint density at radius 2 is 1.75 bits per heavy atom. The zero-order valence-electron chi connectivity index (χ0n) is 14.4. The topological polar surface area (TPSA) is 44.4 Å². The van der Waals surface area contributed by atoms with Gasteiger partial charge < -0.3 is 10.6 Å². The molecule has 2 amide bonds. The first-order chi connectivity index (χ1) is 11.8. The summed E-state index contributed by atoms with van der Waals surface area (Å²) in [5.74, 6) is 0. The molecule has 4 rings (SSSR count). The van der Waals surface area contributed by atoms with Gasteiger partial charge >= 0.3 is 6.03 Å². The first kappa shape index (κ1) is 16.4. The van der Waals surface area contributed by atoms with Crippen molar-refractivity contribution in [3.05, 3.63) is 22.4 Å².